The first kappa shape index (κ1) is 11.4. The van der Waals surface area contributed by atoms with Crippen LogP contribution in [0.1, 0.15) is 20.3 Å². The Bertz CT molecular complexity index is 156. The zero-order chi connectivity index (χ0) is 9.40. The number of hydrogen-bond acceptors (Lipinski definition) is 3. The topological polar surface area (TPSA) is 35.5 Å². The number of ether oxygens (including phenoxy) is 1. The van der Waals surface area contributed by atoms with Crippen molar-refractivity contribution in [3.8, 4) is 0 Å². The standard InChI is InChI=1S/C8H16O3Si/c1-4-5-11-12-6-10-8(9)7(2)3/h2,4-6,12H2,1,3H3. The summed E-state index contributed by atoms with van der Waals surface area (Å²) >= 11 is 0. The molecule has 0 aliphatic heterocycles. The van der Waals surface area contributed by atoms with E-state index in [-0.39, 0.29) is 5.97 Å². The lowest BCUT2D eigenvalue weighted by Gasteiger charge is -2.03. The van der Waals surface area contributed by atoms with Gasteiger partial charge >= 0.3 is 5.97 Å². The predicted molar refractivity (Wildman–Crippen MR) is 50.6 cm³/mol. The molecule has 0 spiro atoms. The average Bonchev–Trinajstić information content (AvgIpc) is 2.03. The van der Waals surface area contributed by atoms with Gasteiger partial charge in [-0.3, -0.25) is 0 Å². The third-order valence-electron chi connectivity index (χ3n) is 1.16. The van der Waals surface area contributed by atoms with E-state index in [1.165, 1.54) is 0 Å². The molecule has 0 aliphatic rings. The second kappa shape index (κ2) is 7.06. The van der Waals surface area contributed by atoms with Gasteiger partial charge in [0, 0.05) is 12.2 Å². The molecule has 0 heterocycles. The monoisotopic (exact) mass is 188 g/mol. The molecular weight excluding hydrogens is 172 g/mol. The highest BCUT2D eigenvalue weighted by Crippen LogP contribution is 1.90. The second-order valence-corrected chi connectivity index (χ2v) is 3.75. The smallest absolute Gasteiger partial charge is 0.332 e. The van der Waals surface area contributed by atoms with Gasteiger partial charge in [-0.15, -0.1) is 0 Å². The molecule has 0 saturated carbocycles. The quantitative estimate of drug-likeness (QED) is 0.265. The van der Waals surface area contributed by atoms with E-state index in [1.54, 1.807) is 6.92 Å². The van der Waals surface area contributed by atoms with Crippen molar-refractivity contribution >= 4 is 15.7 Å². The lowest BCUT2D eigenvalue weighted by molar-refractivity contribution is -0.137. The Morgan fingerprint density at radius 3 is 2.75 bits per heavy atom. The van der Waals surface area contributed by atoms with Gasteiger partial charge in [0.25, 0.3) is 0 Å². The lowest BCUT2D eigenvalue weighted by atomic mass is 10.4. The molecule has 0 radical (unpaired) electrons. The third-order valence-corrected chi connectivity index (χ3v) is 2.11. The second-order valence-electron chi connectivity index (χ2n) is 2.53. The first-order valence-corrected chi connectivity index (χ1v) is 5.66. The Balaban J connectivity index is 3.20. The lowest BCUT2D eigenvalue weighted by Crippen LogP contribution is -2.13. The van der Waals surface area contributed by atoms with Gasteiger partial charge in [0.15, 0.2) is 0 Å². The van der Waals surface area contributed by atoms with E-state index in [9.17, 15) is 4.79 Å². The van der Waals surface area contributed by atoms with Crippen LogP contribution in [0.4, 0.5) is 0 Å². The highest BCUT2D eigenvalue weighted by atomic mass is 28.2. The van der Waals surface area contributed by atoms with E-state index in [2.05, 4.69) is 6.58 Å². The largest absolute Gasteiger partial charge is 0.464 e. The molecular formula is C8H16O3Si. The highest BCUT2D eigenvalue weighted by Gasteiger charge is 2.01. The predicted octanol–water partition coefficient (Wildman–Crippen LogP) is 0.574. The first-order chi connectivity index (χ1) is 5.68. The van der Waals surface area contributed by atoms with Crippen LogP contribution in [-0.2, 0) is 14.0 Å². The van der Waals surface area contributed by atoms with Gasteiger partial charge in [0.05, 0.1) is 0 Å². The van der Waals surface area contributed by atoms with Gasteiger partial charge in [-0.05, 0) is 13.3 Å². The van der Waals surface area contributed by atoms with E-state index in [0.29, 0.717) is 11.8 Å². The SMILES string of the molecule is C=C(C)C(=O)OC[SiH2]OCCC. The zero-order valence-electron chi connectivity index (χ0n) is 7.76. The van der Waals surface area contributed by atoms with Crippen LogP contribution < -0.4 is 0 Å². The maximum atomic E-state index is 10.8. The Kier molecular flexibility index (Phi) is 6.70. The molecule has 70 valence electrons. The summed E-state index contributed by atoms with van der Waals surface area (Å²) in [6.07, 6.45) is 1.47. The molecule has 0 fully saturated rings. The molecule has 0 aromatic heterocycles. The van der Waals surface area contributed by atoms with Gasteiger partial charge < -0.3 is 9.16 Å². The number of rotatable bonds is 6. The van der Waals surface area contributed by atoms with Crippen LogP contribution in [0.5, 0.6) is 0 Å². The fourth-order valence-electron chi connectivity index (χ4n) is 0.563. The Hall–Kier alpha value is -0.613. The van der Waals surface area contributed by atoms with Crippen molar-refractivity contribution in [2.24, 2.45) is 0 Å². The van der Waals surface area contributed by atoms with Crippen LogP contribution in [0.3, 0.4) is 0 Å². The highest BCUT2D eigenvalue weighted by molar-refractivity contribution is 6.27. The van der Waals surface area contributed by atoms with Crippen molar-refractivity contribution in [3.05, 3.63) is 12.2 Å². The Morgan fingerprint density at radius 1 is 1.58 bits per heavy atom. The van der Waals surface area contributed by atoms with Crippen LogP contribution >= 0.6 is 0 Å². The molecule has 4 heteroatoms. The Morgan fingerprint density at radius 2 is 2.25 bits per heavy atom. The summed E-state index contributed by atoms with van der Waals surface area (Å²) in [6.45, 7) is 7.93. The van der Waals surface area contributed by atoms with Crippen molar-refractivity contribution in [2.45, 2.75) is 20.3 Å². The third kappa shape index (κ3) is 6.12. The molecule has 0 saturated heterocycles. The number of carbonyl (C=O) groups is 1. The Labute approximate surface area is 75.7 Å². The van der Waals surface area contributed by atoms with Gasteiger partial charge in [0.2, 0.25) is 9.76 Å². The summed E-state index contributed by atoms with van der Waals surface area (Å²) in [5, 5.41) is 0. The minimum atomic E-state index is -0.659. The van der Waals surface area contributed by atoms with Crippen molar-refractivity contribution in [3.63, 3.8) is 0 Å². The molecule has 3 nitrogen and oxygen atoms in total. The minimum absolute atomic E-state index is 0.317. The summed E-state index contributed by atoms with van der Waals surface area (Å²) in [4.78, 5) is 10.8. The van der Waals surface area contributed by atoms with Gasteiger partial charge in [-0.25, -0.2) is 4.79 Å². The summed E-state index contributed by atoms with van der Waals surface area (Å²) in [5.74, 6) is -0.317. The van der Waals surface area contributed by atoms with Crippen LogP contribution in [0.25, 0.3) is 0 Å². The summed E-state index contributed by atoms with van der Waals surface area (Å²) < 4.78 is 10.1. The molecule has 0 aromatic rings. The molecule has 0 unspecified atom stereocenters. The van der Waals surface area contributed by atoms with Crippen molar-refractivity contribution in [1.29, 1.82) is 0 Å². The summed E-state index contributed by atoms with van der Waals surface area (Å²) in [7, 11) is -0.659. The van der Waals surface area contributed by atoms with Crippen molar-refractivity contribution in [2.75, 3.05) is 12.8 Å². The molecule has 0 aromatic carbocycles. The first-order valence-electron chi connectivity index (χ1n) is 4.08. The van der Waals surface area contributed by atoms with Gasteiger partial charge in [-0.2, -0.15) is 0 Å². The van der Waals surface area contributed by atoms with Crippen molar-refractivity contribution in [1.82, 2.24) is 0 Å². The van der Waals surface area contributed by atoms with E-state index in [1.807, 2.05) is 6.92 Å². The average molecular weight is 188 g/mol. The minimum Gasteiger partial charge on any atom is -0.464 e. The van der Waals surface area contributed by atoms with E-state index >= 15 is 0 Å². The molecule has 0 amide bonds. The molecule has 12 heavy (non-hydrogen) atoms. The zero-order valence-corrected chi connectivity index (χ0v) is 9.17. The van der Waals surface area contributed by atoms with Crippen molar-refractivity contribution < 1.29 is 14.0 Å². The van der Waals surface area contributed by atoms with Crippen LogP contribution in [0.2, 0.25) is 0 Å². The summed E-state index contributed by atoms with van der Waals surface area (Å²) in [5.41, 5.74) is 0.444. The van der Waals surface area contributed by atoms with E-state index in [0.717, 1.165) is 13.0 Å². The fraction of sp³-hybridized carbons (Fsp3) is 0.625. The van der Waals surface area contributed by atoms with E-state index < -0.39 is 9.76 Å². The molecule has 0 bridgehead atoms. The summed E-state index contributed by atoms with van der Waals surface area (Å²) in [6, 6.07) is 0. The molecule has 0 rings (SSSR count). The van der Waals surface area contributed by atoms with E-state index in [4.69, 9.17) is 9.16 Å². The molecule has 0 aliphatic carbocycles. The van der Waals surface area contributed by atoms with Gasteiger partial charge in [0.1, 0.15) is 6.23 Å². The van der Waals surface area contributed by atoms with Crippen LogP contribution in [0, 0.1) is 0 Å². The number of esters is 1. The normalized spacial score (nSPS) is 10.5. The molecule has 0 N–H and O–H groups in total. The molecule has 0 atom stereocenters. The number of hydrogen-bond donors (Lipinski definition) is 0. The van der Waals surface area contributed by atoms with Crippen LogP contribution in [-0.4, -0.2) is 28.6 Å². The number of carbonyl (C=O) groups excluding carboxylic acids is 1. The van der Waals surface area contributed by atoms with Gasteiger partial charge in [-0.1, -0.05) is 13.5 Å². The fourth-order valence-corrected chi connectivity index (χ4v) is 1.44. The maximum absolute atomic E-state index is 10.8. The maximum Gasteiger partial charge on any atom is 0.332 e. The van der Waals surface area contributed by atoms with Crippen LogP contribution in [0.15, 0.2) is 12.2 Å².